The van der Waals surface area contributed by atoms with Crippen molar-refractivity contribution in [1.82, 2.24) is 3.80 Å². The van der Waals surface area contributed by atoms with Crippen LogP contribution in [0.15, 0.2) is 20.6 Å². The van der Waals surface area contributed by atoms with E-state index in [2.05, 4.69) is 57.5 Å². The van der Waals surface area contributed by atoms with Gasteiger partial charge >= 0.3 is 135 Å². The molecule has 0 aromatic carbocycles. The van der Waals surface area contributed by atoms with Crippen molar-refractivity contribution in [2.45, 2.75) is 64.0 Å². The fourth-order valence-corrected chi connectivity index (χ4v) is 16.3. The third kappa shape index (κ3) is 4.25. The summed E-state index contributed by atoms with van der Waals surface area (Å²) in [6.07, 6.45) is 0. The van der Waals surface area contributed by atoms with Crippen LogP contribution in [0.4, 0.5) is 0 Å². The Balaban J connectivity index is 0. The molecule has 0 bridgehead atoms. The van der Waals surface area contributed by atoms with E-state index in [0.717, 1.165) is 0 Å². The second-order valence-corrected chi connectivity index (χ2v) is 21.1. The zero-order valence-electron chi connectivity index (χ0n) is 16.9. The molecule has 0 fully saturated rings. The van der Waals surface area contributed by atoms with Gasteiger partial charge in [0, 0.05) is 0 Å². The Morgan fingerprint density at radius 2 is 1.62 bits per heavy atom. The molecule has 0 amide bonds. The first-order valence-electron chi connectivity index (χ1n) is 8.29. The summed E-state index contributed by atoms with van der Waals surface area (Å²) in [5, 5.41) is 12.1. The van der Waals surface area contributed by atoms with Gasteiger partial charge in [-0.3, -0.25) is 0 Å². The van der Waals surface area contributed by atoms with Crippen molar-refractivity contribution in [1.29, 1.82) is 0 Å². The van der Waals surface area contributed by atoms with E-state index in [1.807, 2.05) is 0 Å². The maximum absolute atomic E-state index is 9.88. The summed E-state index contributed by atoms with van der Waals surface area (Å²) in [6.45, 7) is 15.3. The van der Waals surface area contributed by atoms with Crippen LogP contribution in [0, 0.1) is 5.92 Å². The standard InChI is InChI=1S/C9H13.C4H10N.C2H5O.CH3O.CH3.CH2.2ClH.Ti/c1-6-5-7(2)9(4)8(6)3;1-4(2,3)5;1-2-3;1-2;;;;;/h6H,1-4H3;5H,1-3H3;3H,1-2H2;1H3;1H3;1H2;2*1H;/q;-1;;-1;;;;;+2. The number of aliphatic hydroxyl groups excluding tert-OH is 1. The van der Waals surface area contributed by atoms with E-state index in [1.54, 1.807) is 7.11 Å². The second-order valence-electron chi connectivity index (χ2n) is 9.11. The summed E-state index contributed by atoms with van der Waals surface area (Å²) in [5.74, 6) is 0.300. The Hall–Kier alpha value is 0.524. The number of halogens is 2. The third-order valence-corrected chi connectivity index (χ3v) is 17.4. The maximum atomic E-state index is 9.88. The van der Waals surface area contributed by atoms with Crippen LogP contribution in [-0.2, 0) is 17.5 Å². The molecular weight excluding hydrogens is 381 g/mol. The van der Waals surface area contributed by atoms with Gasteiger partial charge in [-0.1, -0.05) is 0 Å². The van der Waals surface area contributed by atoms with Gasteiger partial charge in [0.1, 0.15) is 0 Å². The van der Waals surface area contributed by atoms with Crippen molar-refractivity contribution in [2.24, 2.45) is 5.92 Å². The molecule has 0 aromatic rings. The monoisotopic (exact) mass is 418 g/mol. The second kappa shape index (κ2) is 7.27. The Bertz CT molecular complexity index is 646. The summed E-state index contributed by atoms with van der Waals surface area (Å²) >= 11 is -4.56. The molecule has 0 saturated heterocycles. The molecule has 6 heteroatoms. The average Bonchev–Trinajstić information content (AvgIpc) is 2.53. The number of aliphatic hydroxyl groups is 1. The van der Waals surface area contributed by atoms with Crippen LogP contribution in [0.5, 0.6) is 0 Å². The Morgan fingerprint density at radius 1 is 1.17 bits per heavy atom. The molecule has 145 valence electrons. The van der Waals surface area contributed by atoms with E-state index in [0.29, 0.717) is 10.6 Å². The van der Waals surface area contributed by atoms with Crippen molar-refractivity contribution in [3.63, 3.8) is 0 Å². The van der Waals surface area contributed by atoms with Crippen molar-refractivity contribution in [2.75, 3.05) is 13.7 Å². The normalized spacial score (nSPS) is 21.8. The van der Waals surface area contributed by atoms with E-state index < -0.39 is 14.2 Å². The van der Waals surface area contributed by atoms with Crippen LogP contribution in [0.25, 0.3) is 0 Å². The van der Waals surface area contributed by atoms with Crippen LogP contribution < -0.4 is 3.80 Å². The quantitative estimate of drug-likeness (QED) is 0.612. The Kier molecular flexibility index (Phi) is 8.10. The van der Waals surface area contributed by atoms with Gasteiger partial charge in [0.25, 0.3) is 0 Å². The van der Waals surface area contributed by atoms with Gasteiger partial charge in [0.2, 0.25) is 0 Å². The molecule has 1 atom stereocenters. The summed E-state index contributed by atoms with van der Waals surface area (Å²) < 4.78 is 12.1. The molecule has 0 spiro atoms. The summed E-state index contributed by atoms with van der Waals surface area (Å²) in [5.41, 5.74) is 3.87. The molecule has 1 rings (SSSR count). The van der Waals surface area contributed by atoms with Gasteiger partial charge in [0.15, 0.2) is 0 Å². The van der Waals surface area contributed by atoms with E-state index in [9.17, 15) is 5.11 Å². The minimum absolute atomic E-state index is 0. The van der Waals surface area contributed by atoms with Crippen molar-refractivity contribution in [3.05, 3.63) is 20.6 Å². The summed E-state index contributed by atoms with van der Waals surface area (Å²) in [6, 6.07) is 0. The van der Waals surface area contributed by atoms with E-state index in [-0.39, 0.29) is 37.0 Å². The first-order valence-corrected chi connectivity index (χ1v) is 14.3. The molecule has 3 nitrogen and oxygen atoms in total. The topological polar surface area (TPSA) is 41.5 Å². The van der Waals surface area contributed by atoms with E-state index in [1.165, 1.54) is 20.6 Å². The predicted molar refractivity (Wildman–Crippen MR) is 110 cm³/mol. The molecule has 0 radical (unpaired) electrons. The number of allylic oxidation sites excluding steroid dienone is 4. The zero-order chi connectivity index (χ0) is 17.6. The van der Waals surface area contributed by atoms with Crippen molar-refractivity contribution >= 4 is 29.6 Å². The van der Waals surface area contributed by atoms with E-state index in [4.69, 9.17) is 8.14 Å². The molecular formula is C18H38Cl2NO2Ti. The molecule has 0 aliphatic heterocycles. The zero-order valence-corrected chi connectivity index (χ0v) is 20.1. The van der Waals surface area contributed by atoms with Crippen molar-refractivity contribution in [3.8, 4) is 0 Å². The SMILES string of the molecule is Cl.Cl.[CH2]=[Ti]([CH3])([CH2]CO)([NH]C(C)(C)C)([O]C)[C]1=C(C)C(C)=C(C)C1C. The van der Waals surface area contributed by atoms with Gasteiger partial charge in [-0.05, 0) is 0 Å². The Morgan fingerprint density at radius 3 is 1.88 bits per heavy atom. The van der Waals surface area contributed by atoms with Crippen LogP contribution >= 0.6 is 24.8 Å². The van der Waals surface area contributed by atoms with Crippen LogP contribution in [-0.4, -0.2) is 29.2 Å². The summed E-state index contributed by atoms with van der Waals surface area (Å²) in [4.78, 5) is 4.79. The molecule has 24 heavy (non-hydrogen) atoms. The summed E-state index contributed by atoms with van der Waals surface area (Å²) in [7, 11) is 1.77. The fraction of sp³-hybridized carbons (Fsp3) is 0.722. The van der Waals surface area contributed by atoms with Gasteiger partial charge in [0.05, 0.1) is 0 Å². The molecule has 1 unspecified atom stereocenters. The van der Waals surface area contributed by atoms with E-state index >= 15 is 0 Å². The molecule has 1 aliphatic carbocycles. The molecule has 2 N–H and O–H groups in total. The first kappa shape index (κ1) is 26.8. The number of rotatable bonds is 5. The fourth-order valence-electron chi connectivity index (χ4n) is 4.83. The molecule has 0 saturated carbocycles. The van der Waals surface area contributed by atoms with Crippen LogP contribution in [0.2, 0.25) is 9.95 Å². The number of hydrogen-bond donors (Lipinski definition) is 2. The van der Waals surface area contributed by atoms with Crippen molar-refractivity contribution < 1.29 is 22.6 Å². The number of nitrogens with one attached hydrogen (secondary N) is 1. The molecule has 0 aromatic heterocycles. The van der Waals surface area contributed by atoms with Crippen LogP contribution in [0.1, 0.15) is 48.5 Å². The minimum atomic E-state index is -4.56. The average molecular weight is 419 g/mol. The Labute approximate surface area is 159 Å². The number of hydrogen-bond acceptors (Lipinski definition) is 3. The van der Waals surface area contributed by atoms with Gasteiger partial charge in [-0.15, -0.1) is 24.8 Å². The van der Waals surface area contributed by atoms with Crippen LogP contribution in [0.3, 0.4) is 0 Å². The molecule has 1 aliphatic rings. The van der Waals surface area contributed by atoms with Gasteiger partial charge in [-0.25, -0.2) is 0 Å². The first-order chi connectivity index (χ1) is 9.66. The van der Waals surface area contributed by atoms with Gasteiger partial charge < -0.3 is 0 Å². The van der Waals surface area contributed by atoms with Gasteiger partial charge in [-0.2, -0.15) is 0 Å². The third-order valence-electron chi connectivity index (χ3n) is 5.91. The molecule has 0 heterocycles. The predicted octanol–water partition coefficient (Wildman–Crippen LogP) is 5.07.